The molecule has 26 heavy (non-hydrogen) atoms. The van der Waals surface area contributed by atoms with Crippen LogP contribution < -0.4 is 4.72 Å². The van der Waals surface area contributed by atoms with Crippen LogP contribution in [0.15, 0.2) is 53.4 Å². The van der Waals surface area contributed by atoms with Crippen LogP contribution in [0, 0.1) is 18.7 Å². The van der Waals surface area contributed by atoms with Gasteiger partial charge in [0.25, 0.3) is 0 Å². The molecule has 0 radical (unpaired) electrons. The first-order chi connectivity index (χ1) is 12.3. The molecule has 1 amide bonds. The van der Waals surface area contributed by atoms with Crippen molar-refractivity contribution in [3.8, 4) is 0 Å². The van der Waals surface area contributed by atoms with Crippen LogP contribution in [0.4, 0.5) is 4.39 Å². The minimum absolute atomic E-state index is 0.0241. The normalized spacial score (nSPS) is 17.7. The fourth-order valence-corrected chi connectivity index (χ4v) is 4.51. The molecule has 1 heterocycles. The third kappa shape index (κ3) is 4.28. The van der Waals surface area contributed by atoms with E-state index in [0.29, 0.717) is 25.1 Å². The van der Waals surface area contributed by atoms with Crippen molar-refractivity contribution in [2.24, 2.45) is 5.92 Å². The van der Waals surface area contributed by atoms with Gasteiger partial charge in [-0.1, -0.05) is 30.3 Å². The van der Waals surface area contributed by atoms with Crippen molar-refractivity contribution in [2.45, 2.75) is 24.8 Å². The smallest absolute Gasteiger partial charge is 0.240 e. The van der Waals surface area contributed by atoms with E-state index >= 15 is 0 Å². The minimum atomic E-state index is -3.74. The van der Waals surface area contributed by atoms with E-state index in [-0.39, 0.29) is 23.3 Å². The molecule has 3 rings (SSSR count). The Hall–Kier alpha value is -2.25. The van der Waals surface area contributed by atoms with Gasteiger partial charge in [-0.2, -0.15) is 0 Å². The zero-order chi connectivity index (χ0) is 18.7. The number of nitrogens with zero attached hydrogens (tertiary/aromatic N) is 1. The topological polar surface area (TPSA) is 66.5 Å². The number of carbonyl (C=O) groups excluding carboxylic acids is 1. The molecule has 0 aliphatic carbocycles. The predicted molar refractivity (Wildman–Crippen MR) is 96.3 cm³/mol. The van der Waals surface area contributed by atoms with Crippen LogP contribution in [0.5, 0.6) is 0 Å². The number of nitrogens with one attached hydrogen (secondary N) is 1. The number of carbonyl (C=O) groups is 1. The number of benzene rings is 2. The first-order valence-electron chi connectivity index (χ1n) is 8.42. The quantitative estimate of drug-likeness (QED) is 0.842. The molecule has 1 saturated heterocycles. The summed E-state index contributed by atoms with van der Waals surface area (Å²) in [5.41, 5.74) is 1.40. The number of likely N-dealkylation sites (tertiary alicyclic amines) is 1. The van der Waals surface area contributed by atoms with Crippen LogP contribution in [0.2, 0.25) is 0 Å². The molecule has 7 heteroatoms. The highest BCUT2D eigenvalue weighted by atomic mass is 32.2. The van der Waals surface area contributed by atoms with Crippen LogP contribution >= 0.6 is 0 Å². The summed E-state index contributed by atoms with van der Waals surface area (Å²) >= 11 is 0. The van der Waals surface area contributed by atoms with Crippen molar-refractivity contribution in [2.75, 3.05) is 13.1 Å². The summed E-state index contributed by atoms with van der Waals surface area (Å²) in [5, 5.41) is 0. The van der Waals surface area contributed by atoms with Crippen LogP contribution in [-0.2, 0) is 21.4 Å². The van der Waals surface area contributed by atoms with E-state index in [9.17, 15) is 17.6 Å². The molecule has 1 aliphatic rings. The summed E-state index contributed by atoms with van der Waals surface area (Å²) in [6.45, 7) is 2.77. The second-order valence-corrected chi connectivity index (χ2v) is 8.33. The highest BCUT2D eigenvalue weighted by Crippen LogP contribution is 2.21. The average molecular weight is 376 g/mol. The van der Waals surface area contributed by atoms with Gasteiger partial charge >= 0.3 is 0 Å². The Bertz CT molecular complexity index is 900. The SMILES string of the molecule is Cc1cc(F)ccc1S(=O)(=O)NCC1CC(=O)N(Cc2ccccc2)C1. The molecule has 0 spiro atoms. The molecule has 1 atom stereocenters. The van der Waals surface area contributed by atoms with E-state index in [0.717, 1.165) is 11.6 Å². The second kappa shape index (κ2) is 7.55. The van der Waals surface area contributed by atoms with E-state index in [2.05, 4.69) is 4.72 Å². The lowest BCUT2D eigenvalue weighted by Crippen LogP contribution is -2.31. The van der Waals surface area contributed by atoms with Crippen molar-refractivity contribution in [3.05, 3.63) is 65.5 Å². The van der Waals surface area contributed by atoms with Crippen LogP contribution in [-0.4, -0.2) is 32.3 Å². The molecule has 138 valence electrons. The largest absolute Gasteiger partial charge is 0.338 e. The van der Waals surface area contributed by atoms with Gasteiger partial charge < -0.3 is 4.90 Å². The summed E-state index contributed by atoms with van der Waals surface area (Å²) in [6.07, 6.45) is 0.317. The van der Waals surface area contributed by atoms with Crippen LogP contribution in [0.3, 0.4) is 0 Å². The molecule has 1 unspecified atom stereocenters. The molecule has 0 saturated carbocycles. The van der Waals surface area contributed by atoms with E-state index in [1.54, 1.807) is 11.8 Å². The molecule has 5 nitrogen and oxygen atoms in total. The van der Waals surface area contributed by atoms with Gasteiger partial charge in [0.15, 0.2) is 0 Å². The van der Waals surface area contributed by atoms with Crippen molar-refractivity contribution in [3.63, 3.8) is 0 Å². The van der Waals surface area contributed by atoms with E-state index in [1.165, 1.54) is 12.1 Å². The maximum atomic E-state index is 13.2. The molecular weight excluding hydrogens is 355 g/mol. The summed E-state index contributed by atoms with van der Waals surface area (Å²) in [5.74, 6) is -0.530. The minimum Gasteiger partial charge on any atom is -0.338 e. The second-order valence-electron chi connectivity index (χ2n) is 6.59. The lowest BCUT2D eigenvalue weighted by atomic mass is 10.1. The van der Waals surface area contributed by atoms with Gasteiger partial charge in [0.2, 0.25) is 15.9 Å². The van der Waals surface area contributed by atoms with Crippen LogP contribution in [0.25, 0.3) is 0 Å². The third-order valence-corrected chi connectivity index (χ3v) is 6.08. The zero-order valence-electron chi connectivity index (χ0n) is 14.5. The molecule has 1 fully saturated rings. The monoisotopic (exact) mass is 376 g/mol. The first kappa shape index (κ1) is 18.5. The third-order valence-electron chi connectivity index (χ3n) is 4.50. The van der Waals surface area contributed by atoms with Gasteiger partial charge in [-0.15, -0.1) is 0 Å². The maximum absolute atomic E-state index is 13.2. The molecule has 0 bridgehead atoms. The number of aryl methyl sites for hydroxylation is 1. The van der Waals surface area contributed by atoms with Crippen molar-refractivity contribution in [1.82, 2.24) is 9.62 Å². The number of rotatable bonds is 6. The lowest BCUT2D eigenvalue weighted by Gasteiger charge is -2.17. The van der Waals surface area contributed by atoms with Gasteiger partial charge in [-0.25, -0.2) is 17.5 Å². The van der Waals surface area contributed by atoms with Gasteiger partial charge in [0, 0.05) is 26.1 Å². The van der Waals surface area contributed by atoms with Crippen molar-refractivity contribution >= 4 is 15.9 Å². The maximum Gasteiger partial charge on any atom is 0.240 e. The van der Waals surface area contributed by atoms with Gasteiger partial charge in [-0.05, 0) is 42.2 Å². The Balaban J connectivity index is 1.60. The number of hydrogen-bond donors (Lipinski definition) is 1. The van der Waals surface area contributed by atoms with Gasteiger partial charge in [-0.3, -0.25) is 4.79 Å². The standard InChI is InChI=1S/C19H21FN2O3S/c1-14-9-17(20)7-8-18(14)26(24,25)21-11-16-10-19(23)22(13-16)12-15-5-3-2-4-6-15/h2-9,16,21H,10-13H2,1H3. The summed E-state index contributed by atoms with van der Waals surface area (Å²) < 4.78 is 40.6. The Kier molecular flexibility index (Phi) is 5.38. The molecule has 1 N–H and O–H groups in total. The Morgan fingerprint density at radius 1 is 1.19 bits per heavy atom. The number of halogens is 1. The van der Waals surface area contributed by atoms with E-state index in [1.807, 2.05) is 30.3 Å². The van der Waals surface area contributed by atoms with Crippen LogP contribution in [0.1, 0.15) is 17.5 Å². The molecule has 0 aromatic heterocycles. The highest BCUT2D eigenvalue weighted by Gasteiger charge is 2.30. The summed E-state index contributed by atoms with van der Waals surface area (Å²) in [6, 6.07) is 13.3. The van der Waals surface area contributed by atoms with Crippen molar-refractivity contribution in [1.29, 1.82) is 0 Å². The first-order valence-corrected chi connectivity index (χ1v) is 9.91. The summed E-state index contributed by atoms with van der Waals surface area (Å²) in [4.78, 5) is 14.0. The zero-order valence-corrected chi connectivity index (χ0v) is 15.3. The average Bonchev–Trinajstić information content (AvgIpc) is 2.93. The Morgan fingerprint density at radius 2 is 1.92 bits per heavy atom. The Labute approximate surface area is 152 Å². The van der Waals surface area contributed by atoms with Crippen molar-refractivity contribution < 1.29 is 17.6 Å². The fraction of sp³-hybridized carbons (Fsp3) is 0.316. The van der Waals surface area contributed by atoms with E-state index in [4.69, 9.17) is 0 Å². The molecule has 1 aliphatic heterocycles. The summed E-state index contributed by atoms with van der Waals surface area (Å²) in [7, 11) is -3.74. The Morgan fingerprint density at radius 3 is 2.62 bits per heavy atom. The highest BCUT2D eigenvalue weighted by molar-refractivity contribution is 7.89. The molecular formula is C19H21FN2O3S. The fourth-order valence-electron chi connectivity index (χ4n) is 3.17. The number of sulfonamides is 1. The lowest BCUT2D eigenvalue weighted by molar-refractivity contribution is -0.128. The van der Waals surface area contributed by atoms with Gasteiger partial charge in [0.05, 0.1) is 4.90 Å². The predicted octanol–water partition coefficient (Wildman–Crippen LogP) is 2.46. The molecule has 2 aromatic rings. The van der Waals surface area contributed by atoms with E-state index < -0.39 is 15.8 Å². The number of amides is 1. The molecule has 2 aromatic carbocycles. The van der Waals surface area contributed by atoms with Gasteiger partial charge in [0.1, 0.15) is 5.82 Å². The number of hydrogen-bond acceptors (Lipinski definition) is 3.